The molecular weight excluding hydrogens is 455 g/mol. The van der Waals surface area contributed by atoms with E-state index in [9.17, 15) is 9.59 Å². The first-order valence-electron chi connectivity index (χ1n) is 9.88. The van der Waals surface area contributed by atoms with Crippen molar-refractivity contribution in [2.45, 2.75) is 25.7 Å². The summed E-state index contributed by atoms with van der Waals surface area (Å²) in [5.74, 6) is -0.915. The standard InChI is InChI=1S/C23H22Cl2N2O3S/c1-2-5-15(17-9-8-16(24)12-18(17)25)13-26-21(28)14-30-23(29)11-10-22-27-19-6-3-4-7-20(19)31-22/h3-4,6-12,15H,2,5,13-14H2,1H3,(H,26,28)/b11-10+. The number of hydrogen-bond donors (Lipinski definition) is 1. The normalized spacial score (nSPS) is 12.2. The van der Waals surface area contributed by atoms with Crippen molar-refractivity contribution in [2.75, 3.05) is 13.2 Å². The maximum atomic E-state index is 12.1. The molecule has 0 fully saturated rings. The average molecular weight is 477 g/mol. The smallest absolute Gasteiger partial charge is 0.331 e. The first-order valence-corrected chi connectivity index (χ1v) is 11.5. The van der Waals surface area contributed by atoms with Crippen molar-refractivity contribution < 1.29 is 14.3 Å². The van der Waals surface area contributed by atoms with Crippen molar-refractivity contribution >= 4 is 62.7 Å². The molecule has 1 amide bonds. The van der Waals surface area contributed by atoms with E-state index in [0.29, 0.717) is 21.6 Å². The fourth-order valence-electron chi connectivity index (χ4n) is 3.12. The third-order valence-corrected chi connectivity index (χ3v) is 6.17. The molecule has 0 aliphatic rings. The van der Waals surface area contributed by atoms with Gasteiger partial charge in [-0.05, 0) is 42.3 Å². The van der Waals surface area contributed by atoms with Crippen LogP contribution in [0.25, 0.3) is 16.3 Å². The van der Waals surface area contributed by atoms with Crippen LogP contribution in [-0.2, 0) is 14.3 Å². The topological polar surface area (TPSA) is 68.3 Å². The van der Waals surface area contributed by atoms with E-state index >= 15 is 0 Å². The number of amides is 1. The number of esters is 1. The van der Waals surface area contributed by atoms with Crippen LogP contribution >= 0.6 is 34.5 Å². The molecule has 162 valence electrons. The number of thiazole rings is 1. The minimum atomic E-state index is -0.597. The molecule has 5 nitrogen and oxygen atoms in total. The van der Waals surface area contributed by atoms with Gasteiger partial charge in [-0.1, -0.05) is 54.7 Å². The van der Waals surface area contributed by atoms with Crippen LogP contribution in [0, 0.1) is 0 Å². The average Bonchev–Trinajstić information content (AvgIpc) is 3.17. The molecule has 2 aromatic carbocycles. The second-order valence-corrected chi connectivity index (χ2v) is 8.82. The van der Waals surface area contributed by atoms with Crippen molar-refractivity contribution in [2.24, 2.45) is 0 Å². The van der Waals surface area contributed by atoms with Gasteiger partial charge in [0, 0.05) is 28.6 Å². The van der Waals surface area contributed by atoms with Crippen LogP contribution in [0.4, 0.5) is 0 Å². The number of ether oxygens (including phenoxy) is 1. The number of halogens is 2. The Labute approximate surface area is 195 Å². The van der Waals surface area contributed by atoms with Crippen LogP contribution in [0.5, 0.6) is 0 Å². The largest absolute Gasteiger partial charge is 0.452 e. The molecule has 1 aromatic heterocycles. The highest BCUT2D eigenvalue weighted by Gasteiger charge is 2.16. The Hall–Kier alpha value is -2.41. The SMILES string of the molecule is CCCC(CNC(=O)COC(=O)/C=C/c1nc2ccccc2s1)c1ccc(Cl)cc1Cl. The number of aromatic nitrogens is 1. The highest BCUT2D eigenvalue weighted by atomic mass is 35.5. The Balaban J connectivity index is 1.48. The Morgan fingerprint density at radius 3 is 2.77 bits per heavy atom. The zero-order valence-electron chi connectivity index (χ0n) is 16.9. The molecule has 8 heteroatoms. The van der Waals surface area contributed by atoms with Crippen molar-refractivity contribution in [3.8, 4) is 0 Å². The molecule has 1 heterocycles. The number of para-hydroxylation sites is 1. The maximum absolute atomic E-state index is 12.1. The highest BCUT2D eigenvalue weighted by Crippen LogP contribution is 2.30. The molecule has 3 rings (SSSR count). The Morgan fingerprint density at radius 2 is 2.03 bits per heavy atom. The van der Waals surface area contributed by atoms with Gasteiger partial charge in [-0.25, -0.2) is 9.78 Å². The molecule has 1 unspecified atom stereocenters. The van der Waals surface area contributed by atoms with Gasteiger partial charge >= 0.3 is 5.97 Å². The molecule has 31 heavy (non-hydrogen) atoms. The predicted octanol–water partition coefficient (Wildman–Crippen LogP) is 5.86. The molecule has 0 aliphatic heterocycles. The molecule has 0 bridgehead atoms. The number of rotatable bonds is 9. The summed E-state index contributed by atoms with van der Waals surface area (Å²) in [4.78, 5) is 28.5. The van der Waals surface area contributed by atoms with Crippen LogP contribution in [0.3, 0.4) is 0 Å². The summed E-state index contributed by atoms with van der Waals surface area (Å²) in [5.41, 5.74) is 1.81. The van der Waals surface area contributed by atoms with Gasteiger partial charge in [-0.2, -0.15) is 0 Å². The zero-order valence-corrected chi connectivity index (χ0v) is 19.3. The van der Waals surface area contributed by atoms with Crippen LogP contribution in [-0.4, -0.2) is 30.0 Å². The summed E-state index contributed by atoms with van der Waals surface area (Å²) in [6, 6.07) is 13.1. The van der Waals surface area contributed by atoms with Crippen LogP contribution in [0.1, 0.15) is 36.3 Å². The number of carbonyl (C=O) groups excluding carboxylic acids is 2. The molecule has 3 aromatic rings. The monoisotopic (exact) mass is 476 g/mol. The summed E-state index contributed by atoms with van der Waals surface area (Å²) < 4.78 is 6.07. The summed E-state index contributed by atoms with van der Waals surface area (Å²) in [6.45, 7) is 2.11. The van der Waals surface area contributed by atoms with E-state index in [2.05, 4.69) is 17.2 Å². The number of carbonyl (C=O) groups is 2. The molecular formula is C23H22Cl2N2O3S. The van der Waals surface area contributed by atoms with Gasteiger partial charge in [0.25, 0.3) is 5.91 Å². The number of benzene rings is 2. The van der Waals surface area contributed by atoms with Crippen LogP contribution < -0.4 is 5.32 Å². The van der Waals surface area contributed by atoms with E-state index in [1.807, 2.05) is 30.3 Å². The van der Waals surface area contributed by atoms with Crippen molar-refractivity contribution in [3.05, 3.63) is 69.2 Å². The second kappa shape index (κ2) is 11.3. The lowest BCUT2D eigenvalue weighted by molar-refractivity contribution is -0.143. The Kier molecular flexibility index (Phi) is 8.46. The van der Waals surface area contributed by atoms with Gasteiger partial charge in [0.1, 0.15) is 5.01 Å². The lowest BCUT2D eigenvalue weighted by Gasteiger charge is -2.19. The van der Waals surface area contributed by atoms with Crippen molar-refractivity contribution in [1.82, 2.24) is 10.3 Å². The number of fused-ring (bicyclic) bond motifs is 1. The second-order valence-electron chi connectivity index (χ2n) is 6.92. The summed E-state index contributed by atoms with van der Waals surface area (Å²) in [7, 11) is 0. The molecule has 1 N–H and O–H groups in total. The quantitative estimate of drug-likeness (QED) is 0.310. The summed E-state index contributed by atoms with van der Waals surface area (Å²) in [6.07, 6.45) is 4.65. The van der Waals surface area contributed by atoms with E-state index in [-0.39, 0.29) is 18.4 Å². The third kappa shape index (κ3) is 6.79. The molecule has 0 saturated carbocycles. The first kappa shape index (κ1) is 23.3. The predicted molar refractivity (Wildman–Crippen MR) is 127 cm³/mol. The Bertz CT molecular complexity index is 1060. The zero-order chi connectivity index (χ0) is 22.2. The molecule has 1 atom stereocenters. The lowest BCUT2D eigenvalue weighted by atomic mass is 9.94. The van der Waals surface area contributed by atoms with Crippen molar-refractivity contribution in [1.29, 1.82) is 0 Å². The first-order chi connectivity index (χ1) is 15.0. The van der Waals surface area contributed by atoms with E-state index in [4.69, 9.17) is 27.9 Å². The number of nitrogens with zero attached hydrogens (tertiary/aromatic N) is 1. The fourth-order valence-corrected chi connectivity index (χ4v) is 4.56. The third-order valence-electron chi connectivity index (χ3n) is 4.60. The maximum Gasteiger partial charge on any atom is 0.331 e. The fraction of sp³-hybridized carbons (Fsp3) is 0.261. The van der Waals surface area contributed by atoms with Crippen LogP contribution in [0.15, 0.2) is 48.5 Å². The summed E-state index contributed by atoms with van der Waals surface area (Å²) in [5, 5.41) is 4.66. The van der Waals surface area contributed by atoms with Crippen LogP contribution in [0.2, 0.25) is 10.0 Å². The Morgan fingerprint density at radius 1 is 1.23 bits per heavy atom. The molecule has 0 saturated heterocycles. The minimum Gasteiger partial charge on any atom is -0.452 e. The van der Waals surface area contributed by atoms with Crippen molar-refractivity contribution in [3.63, 3.8) is 0 Å². The van der Waals surface area contributed by atoms with E-state index in [1.165, 1.54) is 17.4 Å². The van der Waals surface area contributed by atoms with Gasteiger partial charge in [-0.15, -0.1) is 11.3 Å². The molecule has 0 spiro atoms. The van der Waals surface area contributed by atoms with Gasteiger partial charge in [0.05, 0.1) is 10.2 Å². The summed E-state index contributed by atoms with van der Waals surface area (Å²) >= 11 is 13.8. The highest BCUT2D eigenvalue weighted by molar-refractivity contribution is 7.19. The van der Waals surface area contributed by atoms with Gasteiger partial charge in [-0.3, -0.25) is 4.79 Å². The molecule has 0 radical (unpaired) electrons. The van der Waals surface area contributed by atoms with E-state index in [1.54, 1.807) is 18.2 Å². The van der Waals surface area contributed by atoms with Gasteiger partial charge < -0.3 is 10.1 Å². The van der Waals surface area contributed by atoms with Gasteiger partial charge in [0.2, 0.25) is 0 Å². The minimum absolute atomic E-state index is 0.0494. The molecule has 0 aliphatic carbocycles. The number of nitrogens with one attached hydrogen (secondary N) is 1. The lowest BCUT2D eigenvalue weighted by Crippen LogP contribution is -2.32. The van der Waals surface area contributed by atoms with Gasteiger partial charge in [0.15, 0.2) is 6.61 Å². The number of hydrogen-bond acceptors (Lipinski definition) is 5. The van der Waals surface area contributed by atoms with E-state index < -0.39 is 5.97 Å². The van der Waals surface area contributed by atoms with E-state index in [0.717, 1.165) is 28.6 Å².